The Bertz CT molecular complexity index is 145. The largest absolute Gasteiger partial charge is 0.299 e. The summed E-state index contributed by atoms with van der Waals surface area (Å²) in [5.41, 5.74) is 0.204. The van der Waals surface area contributed by atoms with E-state index in [4.69, 9.17) is 0 Å². The number of carbonyl (C=O) groups excluding carboxylic acids is 1. The number of hydrogen-bond acceptors (Lipinski definition) is 1. The van der Waals surface area contributed by atoms with Crippen molar-refractivity contribution in [3.05, 3.63) is 0 Å². The van der Waals surface area contributed by atoms with E-state index in [-0.39, 0.29) is 11.3 Å². The fourth-order valence-electron chi connectivity index (χ4n) is 1.44. The average molecular weight is 170 g/mol. The quantitative estimate of drug-likeness (QED) is 0.618. The molecular formula is C11H22O. The zero-order chi connectivity index (χ0) is 9.78. The van der Waals surface area contributed by atoms with Crippen LogP contribution in [0.5, 0.6) is 0 Å². The molecule has 0 aromatic heterocycles. The average Bonchev–Trinajstić information content (AvgIpc) is 1.85. The Hall–Kier alpha value is -0.330. The summed E-state index contributed by atoms with van der Waals surface area (Å²) in [5.74, 6) is 0.592. The predicted octanol–water partition coefficient (Wildman–Crippen LogP) is 3.43. The van der Waals surface area contributed by atoms with Crippen molar-refractivity contribution in [3.8, 4) is 0 Å². The van der Waals surface area contributed by atoms with Crippen LogP contribution in [0.1, 0.15) is 53.9 Å². The van der Waals surface area contributed by atoms with Crippen molar-refractivity contribution in [2.24, 2.45) is 11.3 Å². The van der Waals surface area contributed by atoms with Crippen LogP contribution in [0, 0.1) is 11.3 Å². The molecule has 0 fully saturated rings. The SMILES string of the molecule is CCCC(C)(C)CC(=O)C(C)C. The van der Waals surface area contributed by atoms with Crippen molar-refractivity contribution in [1.29, 1.82) is 0 Å². The second kappa shape index (κ2) is 4.64. The first-order valence-electron chi connectivity index (χ1n) is 4.92. The molecule has 0 saturated heterocycles. The molecule has 0 amide bonds. The van der Waals surface area contributed by atoms with Crippen molar-refractivity contribution >= 4 is 5.78 Å². The van der Waals surface area contributed by atoms with Crippen molar-refractivity contribution in [1.82, 2.24) is 0 Å². The van der Waals surface area contributed by atoms with Gasteiger partial charge in [-0.15, -0.1) is 0 Å². The molecule has 72 valence electrons. The number of Topliss-reactive ketones (excluding diaryl/α,β-unsaturated/α-hetero) is 1. The van der Waals surface area contributed by atoms with Crippen LogP contribution in [0.2, 0.25) is 0 Å². The van der Waals surface area contributed by atoms with Crippen molar-refractivity contribution in [2.75, 3.05) is 0 Å². The molecule has 0 N–H and O–H groups in total. The van der Waals surface area contributed by atoms with E-state index in [0.29, 0.717) is 5.78 Å². The van der Waals surface area contributed by atoms with E-state index in [1.165, 1.54) is 6.42 Å². The molecule has 0 aromatic rings. The molecule has 0 aliphatic carbocycles. The van der Waals surface area contributed by atoms with Gasteiger partial charge in [0.2, 0.25) is 0 Å². The molecule has 0 aliphatic rings. The van der Waals surface area contributed by atoms with E-state index in [0.717, 1.165) is 12.8 Å². The minimum atomic E-state index is 0.195. The molecule has 0 bridgehead atoms. The van der Waals surface area contributed by atoms with Gasteiger partial charge in [-0.05, 0) is 11.8 Å². The van der Waals surface area contributed by atoms with Gasteiger partial charge in [0.1, 0.15) is 5.78 Å². The monoisotopic (exact) mass is 170 g/mol. The van der Waals surface area contributed by atoms with Crippen molar-refractivity contribution < 1.29 is 4.79 Å². The molecule has 1 nitrogen and oxygen atoms in total. The third kappa shape index (κ3) is 4.53. The Balaban J connectivity index is 3.96. The van der Waals surface area contributed by atoms with Gasteiger partial charge in [-0.3, -0.25) is 4.79 Å². The molecule has 0 rings (SSSR count). The summed E-state index contributed by atoms with van der Waals surface area (Å²) in [6, 6.07) is 0. The van der Waals surface area contributed by atoms with Crippen molar-refractivity contribution in [2.45, 2.75) is 53.9 Å². The molecule has 1 heteroatoms. The highest BCUT2D eigenvalue weighted by Gasteiger charge is 2.21. The van der Waals surface area contributed by atoms with Gasteiger partial charge in [-0.2, -0.15) is 0 Å². The molecule has 0 aromatic carbocycles. The summed E-state index contributed by atoms with van der Waals surface area (Å²) < 4.78 is 0. The lowest BCUT2D eigenvalue weighted by atomic mass is 9.81. The third-order valence-corrected chi connectivity index (χ3v) is 2.22. The standard InChI is InChI=1S/C11H22O/c1-6-7-11(4,5)8-10(12)9(2)3/h9H,6-8H2,1-5H3. The van der Waals surface area contributed by atoms with Crippen LogP contribution in [-0.2, 0) is 4.79 Å². The van der Waals surface area contributed by atoms with Gasteiger partial charge in [-0.25, -0.2) is 0 Å². The summed E-state index contributed by atoms with van der Waals surface area (Å²) >= 11 is 0. The van der Waals surface area contributed by atoms with Gasteiger partial charge in [0, 0.05) is 12.3 Å². The molecule has 0 radical (unpaired) electrons. The van der Waals surface area contributed by atoms with Gasteiger partial charge in [0.05, 0.1) is 0 Å². The lowest BCUT2D eigenvalue weighted by Crippen LogP contribution is -2.20. The second-order valence-electron chi connectivity index (χ2n) is 4.71. The minimum absolute atomic E-state index is 0.195. The smallest absolute Gasteiger partial charge is 0.135 e. The van der Waals surface area contributed by atoms with Crippen LogP contribution in [-0.4, -0.2) is 5.78 Å². The predicted molar refractivity (Wildman–Crippen MR) is 53.2 cm³/mol. The molecule has 12 heavy (non-hydrogen) atoms. The Labute approximate surface area is 76.6 Å². The Morgan fingerprint density at radius 2 is 1.83 bits per heavy atom. The van der Waals surface area contributed by atoms with Crippen LogP contribution in [0.25, 0.3) is 0 Å². The second-order valence-corrected chi connectivity index (χ2v) is 4.71. The molecule has 0 heterocycles. The third-order valence-electron chi connectivity index (χ3n) is 2.22. The molecule has 0 saturated carbocycles. The van der Waals surface area contributed by atoms with E-state index in [2.05, 4.69) is 20.8 Å². The van der Waals surface area contributed by atoms with E-state index in [1.807, 2.05) is 13.8 Å². The fraction of sp³-hybridized carbons (Fsp3) is 0.909. The van der Waals surface area contributed by atoms with Gasteiger partial charge in [0.25, 0.3) is 0 Å². The molecule has 0 unspecified atom stereocenters. The van der Waals surface area contributed by atoms with Gasteiger partial charge in [-0.1, -0.05) is 41.0 Å². The lowest BCUT2D eigenvalue weighted by Gasteiger charge is -2.23. The van der Waals surface area contributed by atoms with Crippen molar-refractivity contribution in [3.63, 3.8) is 0 Å². The zero-order valence-corrected chi connectivity index (χ0v) is 9.11. The topological polar surface area (TPSA) is 17.1 Å². The zero-order valence-electron chi connectivity index (χ0n) is 9.11. The molecule has 0 aliphatic heterocycles. The van der Waals surface area contributed by atoms with Crippen LogP contribution in [0.3, 0.4) is 0 Å². The summed E-state index contributed by atoms with van der Waals surface area (Å²) in [4.78, 5) is 11.4. The van der Waals surface area contributed by atoms with Gasteiger partial charge >= 0.3 is 0 Å². The summed E-state index contributed by atoms with van der Waals surface area (Å²) in [7, 11) is 0. The van der Waals surface area contributed by atoms with Crippen LogP contribution >= 0.6 is 0 Å². The summed E-state index contributed by atoms with van der Waals surface area (Å²) in [6.45, 7) is 10.5. The van der Waals surface area contributed by atoms with E-state index in [1.54, 1.807) is 0 Å². The Kier molecular flexibility index (Phi) is 4.51. The number of carbonyl (C=O) groups is 1. The first kappa shape index (κ1) is 11.7. The van der Waals surface area contributed by atoms with E-state index < -0.39 is 0 Å². The van der Waals surface area contributed by atoms with Crippen LogP contribution in [0.15, 0.2) is 0 Å². The van der Waals surface area contributed by atoms with Gasteiger partial charge < -0.3 is 0 Å². The summed E-state index contributed by atoms with van der Waals surface area (Å²) in [6.07, 6.45) is 3.04. The van der Waals surface area contributed by atoms with Crippen LogP contribution in [0.4, 0.5) is 0 Å². The molecule has 0 spiro atoms. The number of rotatable bonds is 5. The highest BCUT2D eigenvalue weighted by Crippen LogP contribution is 2.27. The molecule has 0 atom stereocenters. The molecular weight excluding hydrogens is 148 g/mol. The first-order valence-corrected chi connectivity index (χ1v) is 4.92. The summed E-state index contributed by atoms with van der Waals surface area (Å²) in [5, 5.41) is 0. The Morgan fingerprint density at radius 3 is 2.17 bits per heavy atom. The van der Waals surface area contributed by atoms with Crippen LogP contribution < -0.4 is 0 Å². The maximum Gasteiger partial charge on any atom is 0.135 e. The van der Waals surface area contributed by atoms with E-state index in [9.17, 15) is 4.79 Å². The normalized spacial score (nSPS) is 12.2. The Morgan fingerprint density at radius 1 is 1.33 bits per heavy atom. The fourth-order valence-corrected chi connectivity index (χ4v) is 1.44. The maximum atomic E-state index is 11.4. The number of hydrogen-bond donors (Lipinski definition) is 0. The number of ketones is 1. The lowest BCUT2D eigenvalue weighted by molar-refractivity contribution is -0.123. The minimum Gasteiger partial charge on any atom is -0.299 e. The van der Waals surface area contributed by atoms with Gasteiger partial charge in [0.15, 0.2) is 0 Å². The highest BCUT2D eigenvalue weighted by molar-refractivity contribution is 5.80. The first-order chi connectivity index (χ1) is 5.39. The highest BCUT2D eigenvalue weighted by atomic mass is 16.1. The van der Waals surface area contributed by atoms with E-state index >= 15 is 0 Å². The maximum absolute atomic E-state index is 11.4.